The highest BCUT2D eigenvalue weighted by atomic mass is 16.5. The van der Waals surface area contributed by atoms with Crippen LogP contribution in [0.1, 0.15) is 12.8 Å². The average Bonchev–Trinajstić information content (AvgIpc) is 2.85. The van der Waals surface area contributed by atoms with Crippen LogP contribution in [0.5, 0.6) is 11.5 Å². The van der Waals surface area contributed by atoms with Gasteiger partial charge < -0.3 is 25.0 Å². The van der Waals surface area contributed by atoms with E-state index in [2.05, 4.69) is 5.32 Å². The Labute approximate surface area is 123 Å². The van der Waals surface area contributed by atoms with Crippen LogP contribution in [0.25, 0.3) is 0 Å². The maximum absolute atomic E-state index is 11.8. The normalized spacial score (nSPS) is 24.6. The van der Waals surface area contributed by atoms with Crippen molar-refractivity contribution in [2.75, 3.05) is 20.3 Å². The van der Waals surface area contributed by atoms with Crippen molar-refractivity contribution < 1.29 is 24.5 Å². The number of nitrogens with one attached hydrogen (secondary N) is 1. The van der Waals surface area contributed by atoms with Gasteiger partial charge in [-0.05, 0) is 25.0 Å². The third-order valence-electron chi connectivity index (χ3n) is 3.67. The molecule has 1 fully saturated rings. The smallest absolute Gasteiger partial charge is 0.258 e. The van der Waals surface area contributed by atoms with E-state index in [-0.39, 0.29) is 31.1 Å². The van der Waals surface area contributed by atoms with Gasteiger partial charge in [0.15, 0.2) is 6.61 Å². The number of amides is 1. The van der Waals surface area contributed by atoms with Gasteiger partial charge in [-0.2, -0.15) is 0 Å². The summed E-state index contributed by atoms with van der Waals surface area (Å²) < 4.78 is 10.5. The summed E-state index contributed by atoms with van der Waals surface area (Å²) in [5.74, 6) is 0.824. The fourth-order valence-electron chi connectivity index (χ4n) is 2.53. The quantitative estimate of drug-likeness (QED) is 0.703. The summed E-state index contributed by atoms with van der Waals surface area (Å²) in [5, 5.41) is 21.6. The molecule has 0 unspecified atom stereocenters. The molecule has 0 radical (unpaired) electrons. The first-order valence-corrected chi connectivity index (χ1v) is 6.97. The van der Waals surface area contributed by atoms with E-state index >= 15 is 0 Å². The van der Waals surface area contributed by atoms with Gasteiger partial charge in [-0.15, -0.1) is 0 Å². The summed E-state index contributed by atoms with van der Waals surface area (Å²) in [6, 6.07) is 6.91. The van der Waals surface area contributed by atoms with E-state index in [1.165, 1.54) is 0 Å². The molecule has 3 N–H and O–H groups in total. The van der Waals surface area contributed by atoms with Crippen LogP contribution >= 0.6 is 0 Å². The van der Waals surface area contributed by atoms with E-state index < -0.39 is 6.10 Å². The second-order valence-electron chi connectivity index (χ2n) is 5.21. The number of hydrogen-bond donors (Lipinski definition) is 3. The van der Waals surface area contributed by atoms with Gasteiger partial charge in [0, 0.05) is 24.6 Å². The minimum absolute atomic E-state index is 0.0617. The monoisotopic (exact) mass is 295 g/mol. The van der Waals surface area contributed by atoms with Crippen molar-refractivity contribution in [1.82, 2.24) is 5.32 Å². The number of aliphatic hydroxyl groups excluding tert-OH is 2. The second kappa shape index (κ2) is 7.28. The van der Waals surface area contributed by atoms with Crippen LogP contribution in [0.15, 0.2) is 24.3 Å². The molecule has 1 saturated carbocycles. The van der Waals surface area contributed by atoms with Crippen molar-refractivity contribution in [3.63, 3.8) is 0 Å². The Morgan fingerprint density at radius 2 is 2.14 bits per heavy atom. The first kappa shape index (κ1) is 15.6. The molecule has 1 aromatic carbocycles. The van der Waals surface area contributed by atoms with Gasteiger partial charge in [0.1, 0.15) is 11.5 Å². The number of hydrogen-bond acceptors (Lipinski definition) is 5. The number of aliphatic hydroxyl groups is 2. The zero-order chi connectivity index (χ0) is 15.2. The Morgan fingerprint density at radius 1 is 1.38 bits per heavy atom. The summed E-state index contributed by atoms with van der Waals surface area (Å²) in [7, 11) is 1.56. The molecule has 0 heterocycles. The van der Waals surface area contributed by atoms with Crippen LogP contribution in [-0.2, 0) is 4.79 Å². The molecule has 1 aromatic rings. The van der Waals surface area contributed by atoms with Crippen molar-refractivity contribution in [2.45, 2.75) is 25.0 Å². The molecule has 0 spiro atoms. The lowest BCUT2D eigenvalue weighted by atomic mass is 10.1. The van der Waals surface area contributed by atoms with Gasteiger partial charge in [0.2, 0.25) is 0 Å². The molecule has 2 rings (SSSR count). The average molecular weight is 295 g/mol. The number of benzene rings is 1. The van der Waals surface area contributed by atoms with Crippen molar-refractivity contribution in [1.29, 1.82) is 0 Å². The Bertz CT molecular complexity index is 479. The van der Waals surface area contributed by atoms with Gasteiger partial charge in [-0.3, -0.25) is 4.79 Å². The highest BCUT2D eigenvalue weighted by molar-refractivity contribution is 5.77. The molecule has 1 aliphatic rings. The summed E-state index contributed by atoms with van der Waals surface area (Å²) >= 11 is 0. The number of carbonyl (C=O) groups excluding carboxylic acids is 1. The molecular weight excluding hydrogens is 274 g/mol. The fraction of sp³-hybridized carbons (Fsp3) is 0.533. The van der Waals surface area contributed by atoms with Crippen LogP contribution in [0.3, 0.4) is 0 Å². The van der Waals surface area contributed by atoms with Crippen LogP contribution in [-0.4, -0.2) is 48.6 Å². The van der Waals surface area contributed by atoms with Gasteiger partial charge in [-0.25, -0.2) is 0 Å². The second-order valence-corrected chi connectivity index (χ2v) is 5.21. The Kier molecular flexibility index (Phi) is 5.41. The topological polar surface area (TPSA) is 88.0 Å². The molecule has 6 nitrogen and oxygen atoms in total. The van der Waals surface area contributed by atoms with Gasteiger partial charge in [0.05, 0.1) is 13.2 Å². The van der Waals surface area contributed by atoms with E-state index in [1.807, 2.05) is 0 Å². The largest absolute Gasteiger partial charge is 0.497 e. The lowest BCUT2D eigenvalue weighted by Gasteiger charge is -2.13. The SMILES string of the molecule is COc1cccc(OCC(=O)N[C@@H]2C[C@H](CO)[C@H](O)C2)c1. The van der Waals surface area contributed by atoms with Crippen LogP contribution < -0.4 is 14.8 Å². The van der Waals surface area contributed by atoms with E-state index in [4.69, 9.17) is 14.6 Å². The molecule has 0 aromatic heterocycles. The first-order valence-electron chi connectivity index (χ1n) is 6.97. The zero-order valence-electron chi connectivity index (χ0n) is 12.0. The number of methoxy groups -OCH3 is 1. The predicted octanol–water partition coefficient (Wildman–Crippen LogP) is 0.322. The number of ether oxygens (including phenoxy) is 2. The summed E-state index contributed by atoms with van der Waals surface area (Å²) in [6.45, 7) is -0.155. The zero-order valence-corrected chi connectivity index (χ0v) is 12.0. The molecule has 0 aliphatic heterocycles. The molecule has 0 bridgehead atoms. The van der Waals surface area contributed by atoms with Gasteiger partial charge >= 0.3 is 0 Å². The molecule has 21 heavy (non-hydrogen) atoms. The minimum Gasteiger partial charge on any atom is -0.497 e. The molecule has 6 heteroatoms. The molecule has 1 amide bonds. The Morgan fingerprint density at radius 3 is 2.81 bits per heavy atom. The summed E-state index contributed by atoms with van der Waals surface area (Å²) in [5.41, 5.74) is 0. The minimum atomic E-state index is -0.556. The lowest BCUT2D eigenvalue weighted by molar-refractivity contribution is -0.123. The van der Waals surface area contributed by atoms with E-state index in [0.29, 0.717) is 24.3 Å². The summed E-state index contributed by atoms with van der Waals surface area (Å²) in [6.07, 6.45) is 0.498. The van der Waals surface area contributed by atoms with E-state index in [0.717, 1.165) is 0 Å². The number of carbonyl (C=O) groups is 1. The molecule has 0 saturated heterocycles. The molecular formula is C15H21NO5. The molecule has 3 atom stereocenters. The van der Waals surface area contributed by atoms with Gasteiger partial charge in [-0.1, -0.05) is 6.07 Å². The van der Waals surface area contributed by atoms with E-state index in [9.17, 15) is 9.90 Å². The Balaban J connectivity index is 1.77. The van der Waals surface area contributed by atoms with Crippen molar-refractivity contribution >= 4 is 5.91 Å². The fourth-order valence-corrected chi connectivity index (χ4v) is 2.53. The third-order valence-corrected chi connectivity index (χ3v) is 3.67. The van der Waals surface area contributed by atoms with Crippen LogP contribution in [0.2, 0.25) is 0 Å². The van der Waals surface area contributed by atoms with Crippen molar-refractivity contribution in [3.8, 4) is 11.5 Å². The summed E-state index contributed by atoms with van der Waals surface area (Å²) in [4.78, 5) is 11.8. The maximum atomic E-state index is 11.8. The highest BCUT2D eigenvalue weighted by Crippen LogP contribution is 2.25. The standard InChI is InChI=1S/C15H21NO5/c1-20-12-3-2-4-13(7-12)21-9-15(19)16-11-5-10(8-17)14(18)6-11/h2-4,7,10-11,14,17-18H,5-6,8-9H2,1H3,(H,16,19)/t10-,11-,14-/m1/s1. The maximum Gasteiger partial charge on any atom is 0.258 e. The Hall–Kier alpha value is -1.79. The van der Waals surface area contributed by atoms with Crippen molar-refractivity contribution in [3.05, 3.63) is 24.3 Å². The van der Waals surface area contributed by atoms with E-state index in [1.54, 1.807) is 31.4 Å². The van der Waals surface area contributed by atoms with Gasteiger partial charge in [0.25, 0.3) is 5.91 Å². The highest BCUT2D eigenvalue weighted by Gasteiger charge is 2.33. The van der Waals surface area contributed by atoms with Crippen molar-refractivity contribution in [2.24, 2.45) is 5.92 Å². The number of rotatable bonds is 6. The van der Waals surface area contributed by atoms with Crippen LogP contribution in [0, 0.1) is 5.92 Å². The predicted molar refractivity (Wildman–Crippen MR) is 76.2 cm³/mol. The first-order chi connectivity index (χ1) is 10.1. The lowest BCUT2D eigenvalue weighted by Crippen LogP contribution is -2.36. The third kappa shape index (κ3) is 4.34. The van der Waals surface area contributed by atoms with Crippen LogP contribution in [0.4, 0.5) is 0 Å². The molecule has 116 valence electrons. The molecule has 1 aliphatic carbocycles.